The predicted octanol–water partition coefficient (Wildman–Crippen LogP) is 3.97. The molecule has 0 aliphatic carbocycles. The van der Waals surface area contributed by atoms with Crippen molar-refractivity contribution < 1.29 is 4.74 Å². The van der Waals surface area contributed by atoms with E-state index in [2.05, 4.69) is 40.0 Å². The third kappa shape index (κ3) is 4.23. The Kier molecular flexibility index (Phi) is 6.81. The molecule has 0 amide bonds. The SMILES string of the molecule is C=CC(S)C(C)O/C(CC)=C(\C)CC. The van der Waals surface area contributed by atoms with Crippen LogP contribution in [0.4, 0.5) is 0 Å². The molecule has 0 radical (unpaired) electrons. The first-order valence-corrected chi connectivity index (χ1v) is 5.74. The van der Waals surface area contributed by atoms with Crippen molar-refractivity contribution >= 4 is 12.6 Å². The molecule has 0 saturated carbocycles. The summed E-state index contributed by atoms with van der Waals surface area (Å²) in [5, 5.41) is 0.0983. The number of ether oxygens (including phenoxy) is 1. The summed E-state index contributed by atoms with van der Waals surface area (Å²) in [4.78, 5) is 0. The maximum atomic E-state index is 5.84. The summed E-state index contributed by atoms with van der Waals surface area (Å²) in [5.41, 5.74) is 1.32. The van der Waals surface area contributed by atoms with Gasteiger partial charge in [-0.1, -0.05) is 19.9 Å². The average Bonchev–Trinajstić information content (AvgIpc) is 2.22. The number of allylic oxidation sites excluding steroid dienone is 2. The summed E-state index contributed by atoms with van der Waals surface area (Å²) in [5.74, 6) is 1.10. The Bertz CT molecular complexity index is 208. The Morgan fingerprint density at radius 3 is 2.36 bits per heavy atom. The van der Waals surface area contributed by atoms with Crippen LogP contribution in [0.1, 0.15) is 40.5 Å². The molecule has 0 bridgehead atoms. The van der Waals surface area contributed by atoms with Crippen LogP contribution >= 0.6 is 12.6 Å². The fourth-order valence-corrected chi connectivity index (χ4v) is 1.23. The zero-order valence-corrected chi connectivity index (χ0v) is 10.6. The van der Waals surface area contributed by atoms with E-state index in [1.165, 1.54) is 5.57 Å². The van der Waals surface area contributed by atoms with Crippen LogP contribution < -0.4 is 0 Å². The van der Waals surface area contributed by atoms with E-state index in [0.717, 1.165) is 18.6 Å². The molecule has 2 heteroatoms. The van der Waals surface area contributed by atoms with Gasteiger partial charge in [-0.2, -0.15) is 12.6 Å². The fourth-order valence-electron chi connectivity index (χ4n) is 1.17. The Morgan fingerprint density at radius 2 is 2.00 bits per heavy atom. The molecule has 0 aliphatic heterocycles. The van der Waals surface area contributed by atoms with Gasteiger partial charge in [0.2, 0.25) is 0 Å². The van der Waals surface area contributed by atoms with E-state index < -0.39 is 0 Å². The molecule has 0 saturated heterocycles. The van der Waals surface area contributed by atoms with Gasteiger partial charge in [0.15, 0.2) is 0 Å². The number of hydrogen-bond acceptors (Lipinski definition) is 2. The summed E-state index contributed by atoms with van der Waals surface area (Å²) >= 11 is 4.37. The zero-order valence-electron chi connectivity index (χ0n) is 9.71. The van der Waals surface area contributed by atoms with Crippen LogP contribution in [0.2, 0.25) is 0 Å². The van der Waals surface area contributed by atoms with Gasteiger partial charge in [0.05, 0.1) is 11.0 Å². The molecule has 0 aliphatic rings. The fraction of sp³-hybridized carbons (Fsp3) is 0.667. The minimum Gasteiger partial charge on any atom is -0.494 e. The molecular weight excluding hydrogens is 192 g/mol. The van der Waals surface area contributed by atoms with Crippen molar-refractivity contribution in [2.75, 3.05) is 0 Å². The molecule has 82 valence electrons. The molecule has 0 aromatic heterocycles. The summed E-state index contributed by atoms with van der Waals surface area (Å²) in [6.07, 6.45) is 3.89. The summed E-state index contributed by atoms with van der Waals surface area (Å²) < 4.78 is 5.84. The lowest BCUT2D eigenvalue weighted by Gasteiger charge is -2.21. The molecule has 0 aromatic carbocycles. The molecule has 2 atom stereocenters. The van der Waals surface area contributed by atoms with Crippen molar-refractivity contribution in [3.05, 3.63) is 24.0 Å². The van der Waals surface area contributed by atoms with Gasteiger partial charge in [-0.15, -0.1) is 6.58 Å². The van der Waals surface area contributed by atoms with E-state index in [1.807, 2.05) is 13.0 Å². The van der Waals surface area contributed by atoms with E-state index in [0.29, 0.717) is 0 Å². The quantitative estimate of drug-likeness (QED) is 0.400. The van der Waals surface area contributed by atoms with Gasteiger partial charge in [0.1, 0.15) is 6.10 Å². The van der Waals surface area contributed by atoms with Crippen LogP contribution in [0.3, 0.4) is 0 Å². The molecule has 1 nitrogen and oxygen atoms in total. The smallest absolute Gasteiger partial charge is 0.110 e. The van der Waals surface area contributed by atoms with Gasteiger partial charge in [0.25, 0.3) is 0 Å². The molecule has 14 heavy (non-hydrogen) atoms. The summed E-state index contributed by atoms with van der Waals surface area (Å²) in [6, 6.07) is 0. The van der Waals surface area contributed by atoms with Gasteiger partial charge in [-0.25, -0.2) is 0 Å². The molecular formula is C12H22OS. The van der Waals surface area contributed by atoms with Crippen LogP contribution in [0.15, 0.2) is 24.0 Å². The lowest BCUT2D eigenvalue weighted by molar-refractivity contribution is 0.129. The molecule has 0 rings (SSSR count). The monoisotopic (exact) mass is 214 g/mol. The van der Waals surface area contributed by atoms with Gasteiger partial charge >= 0.3 is 0 Å². The molecule has 0 spiro atoms. The maximum absolute atomic E-state index is 5.84. The van der Waals surface area contributed by atoms with Crippen LogP contribution in [-0.2, 0) is 4.74 Å². The second-order valence-corrected chi connectivity index (χ2v) is 4.06. The number of thiol groups is 1. The normalized spacial score (nSPS) is 16.9. The second-order valence-electron chi connectivity index (χ2n) is 3.46. The zero-order chi connectivity index (χ0) is 11.1. The van der Waals surface area contributed by atoms with Crippen molar-refractivity contribution in [2.45, 2.75) is 51.9 Å². The van der Waals surface area contributed by atoms with Crippen LogP contribution in [0.25, 0.3) is 0 Å². The van der Waals surface area contributed by atoms with Crippen molar-refractivity contribution in [3.63, 3.8) is 0 Å². The van der Waals surface area contributed by atoms with Crippen LogP contribution in [0.5, 0.6) is 0 Å². The highest BCUT2D eigenvalue weighted by Gasteiger charge is 2.12. The molecule has 0 fully saturated rings. The third-order valence-electron chi connectivity index (χ3n) is 2.38. The van der Waals surface area contributed by atoms with Gasteiger partial charge < -0.3 is 4.74 Å². The lowest BCUT2D eigenvalue weighted by atomic mass is 10.1. The maximum Gasteiger partial charge on any atom is 0.110 e. The predicted molar refractivity (Wildman–Crippen MR) is 66.8 cm³/mol. The van der Waals surface area contributed by atoms with Crippen molar-refractivity contribution in [1.29, 1.82) is 0 Å². The second kappa shape index (κ2) is 6.99. The highest BCUT2D eigenvalue weighted by molar-refractivity contribution is 7.81. The molecule has 0 aromatic rings. The molecule has 0 N–H and O–H groups in total. The number of hydrogen-bond donors (Lipinski definition) is 1. The van der Waals surface area contributed by atoms with Gasteiger partial charge in [0, 0.05) is 6.42 Å². The Balaban J connectivity index is 4.39. The Morgan fingerprint density at radius 1 is 1.43 bits per heavy atom. The van der Waals surface area contributed by atoms with E-state index in [4.69, 9.17) is 4.74 Å². The highest BCUT2D eigenvalue weighted by atomic mass is 32.1. The van der Waals surface area contributed by atoms with Crippen LogP contribution in [0, 0.1) is 0 Å². The first-order chi connectivity index (χ1) is 6.56. The average molecular weight is 214 g/mol. The third-order valence-corrected chi connectivity index (χ3v) is 3.01. The summed E-state index contributed by atoms with van der Waals surface area (Å²) in [6.45, 7) is 12.1. The number of rotatable bonds is 6. The van der Waals surface area contributed by atoms with E-state index in [-0.39, 0.29) is 11.4 Å². The first-order valence-electron chi connectivity index (χ1n) is 5.22. The Hall–Kier alpha value is -0.370. The van der Waals surface area contributed by atoms with Gasteiger partial charge in [-0.3, -0.25) is 0 Å². The van der Waals surface area contributed by atoms with Gasteiger partial charge in [-0.05, 0) is 25.8 Å². The van der Waals surface area contributed by atoms with Crippen molar-refractivity contribution in [3.8, 4) is 0 Å². The van der Waals surface area contributed by atoms with Crippen molar-refractivity contribution in [1.82, 2.24) is 0 Å². The standard InChI is InChI=1S/C12H22OS/c1-6-9(4)11(7-2)13-10(5)12(14)8-3/h8,10,12,14H,3,6-7H2,1-2,4-5H3/b11-9+. The largest absolute Gasteiger partial charge is 0.494 e. The van der Waals surface area contributed by atoms with Crippen LogP contribution in [-0.4, -0.2) is 11.4 Å². The molecule has 2 unspecified atom stereocenters. The molecule has 0 heterocycles. The van der Waals surface area contributed by atoms with Crippen molar-refractivity contribution in [2.24, 2.45) is 0 Å². The minimum absolute atomic E-state index is 0.0901. The summed E-state index contributed by atoms with van der Waals surface area (Å²) in [7, 11) is 0. The van der Waals surface area contributed by atoms with E-state index >= 15 is 0 Å². The lowest BCUT2D eigenvalue weighted by Crippen LogP contribution is -2.19. The van der Waals surface area contributed by atoms with E-state index in [1.54, 1.807) is 0 Å². The Labute approximate surface area is 93.6 Å². The highest BCUT2D eigenvalue weighted by Crippen LogP contribution is 2.18. The minimum atomic E-state index is 0.0901. The first kappa shape index (κ1) is 13.6. The van der Waals surface area contributed by atoms with E-state index in [9.17, 15) is 0 Å². The topological polar surface area (TPSA) is 9.23 Å².